The van der Waals surface area contributed by atoms with E-state index in [1.165, 1.54) is 11.1 Å². The molecule has 0 saturated carbocycles. The van der Waals surface area contributed by atoms with E-state index in [1.807, 2.05) is 0 Å². The van der Waals surface area contributed by atoms with Gasteiger partial charge in [0.2, 0.25) is 0 Å². The van der Waals surface area contributed by atoms with Gasteiger partial charge in [-0.3, -0.25) is 0 Å². The van der Waals surface area contributed by atoms with Crippen LogP contribution in [0.25, 0.3) is 0 Å². The third kappa shape index (κ3) is 4.64. The summed E-state index contributed by atoms with van der Waals surface area (Å²) in [5, 5.41) is 22.5. The lowest BCUT2D eigenvalue weighted by Gasteiger charge is -2.36. The Bertz CT molecular complexity index is 782. The first kappa shape index (κ1) is 22.6. The quantitative estimate of drug-likeness (QED) is 0.558. The Morgan fingerprint density at radius 1 is 1.00 bits per heavy atom. The van der Waals surface area contributed by atoms with Crippen LogP contribution in [0.5, 0.6) is 5.75 Å². The van der Waals surface area contributed by atoms with E-state index in [0.29, 0.717) is 11.5 Å². The molecule has 0 spiro atoms. The zero-order valence-corrected chi connectivity index (χ0v) is 19.4. The molecule has 1 aromatic carbocycles. The number of benzene rings is 1. The average molecular weight is 385 g/mol. The average Bonchev–Trinajstić information content (AvgIpc) is 2.54. The molecule has 1 aromatic rings. The summed E-state index contributed by atoms with van der Waals surface area (Å²) in [6, 6.07) is 4.23. The molecule has 2 heteroatoms. The highest BCUT2D eigenvalue weighted by Crippen LogP contribution is 2.48. The van der Waals surface area contributed by atoms with E-state index in [9.17, 15) is 10.2 Å². The van der Waals surface area contributed by atoms with Crippen LogP contribution in [0.4, 0.5) is 0 Å². The zero-order chi connectivity index (χ0) is 21.4. The van der Waals surface area contributed by atoms with E-state index in [4.69, 9.17) is 0 Å². The second-order valence-corrected chi connectivity index (χ2v) is 10.7. The van der Waals surface area contributed by atoms with Crippen molar-refractivity contribution < 1.29 is 10.2 Å². The lowest BCUT2D eigenvalue weighted by Crippen LogP contribution is -2.24. The van der Waals surface area contributed by atoms with Crippen LogP contribution in [-0.4, -0.2) is 10.2 Å². The van der Waals surface area contributed by atoms with Crippen LogP contribution in [0.1, 0.15) is 97.3 Å². The molecule has 0 heterocycles. The summed E-state index contributed by atoms with van der Waals surface area (Å²) in [4.78, 5) is 0. The second kappa shape index (κ2) is 7.97. The van der Waals surface area contributed by atoms with E-state index < -0.39 is 0 Å². The van der Waals surface area contributed by atoms with E-state index in [2.05, 4.69) is 80.5 Å². The Hall–Kier alpha value is -1.70. The van der Waals surface area contributed by atoms with Crippen molar-refractivity contribution in [1.29, 1.82) is 0 Å². The summed E-state index contributed by atoms with van der Waals surface area (Å²) < 4.78 is 0. The minimum atomic E-state index is -0.127. The molecule has 28 heavy (non-hydrogen) atoms. The SMILES string of the molecule is CCCC(c1cc(C)cc(C(C)(C)C)c1O)C1CC(C)=CC(C(C)(C)C)=C1O. The number of hydrogen-bond donors (Lipinski definition) is 2. The van der Waals surface area contributed by atoms with E-state index >= 15 is 0 Å². The maximum Gasteiger partial charge on any atom is 0.122 e. The second-order valence-electron chi connectivity index (χ2n) is 10.7. The van der Waals surface area contributed by atoms with Crippen LogP contribution in [0.2, 0.25) is 0 Å². The number of aliphatic hydroxyl groups is 1. The van der Waals surface area contributed by atoms with Crippen molar-refractivity contribution in [2.75, 3.05) is 0 Å². The van der Waals surface area contributed by atoms with Crippen LogP contribution >= 0.6 is 0 Å². The van der Waals surface area contributed by atoms with Gasteiger partial charge >= 0.3 is 0 Å². The van der Waals surface area contributed by atoms with Gasteiger partial charge in [0, 0.05) is 5.92 Å². The summed E-state index contributed by atoms with van der Waals surface area (Å²) in [7, 11) is 0. The first-order valence-electron chi connectivity index (χ1n) is 10.7. The molecule has 2 rings (SSSR count). The van der Waals surface area contributed by atoms with Gasteiger partial charge in [0.15, 0.2) is 0 Å². The summed E-state index contributed by atoms with van der Waals surface area (Å²) in [6.45, 7) is 19.3. The van der Waals surface area contributed by atoms with Crippen molar-refractivity contribution in [2.45, 2.75) is 92.9 Å². The van der Waals surface area contributed by atoms with Gasteiger partial charge in [0.25, 0.3) is 0 Å². The number of aryl methyl sites for hydroxylation is 1. The van der Waals surface area contributed by atoms with Crippen molar-refractivity contribution >= 4 is 0 Å². The van der Waals surface area contributed by atoms with Crippen LogP contribution < -0.4 is 0 Å². The first-order valence-corrected chi connectivity index (χ1v) is 10.7. The smallest absolute Gasteiger partial charge is 0.122 e. The highest BCUT2D eigenvalue weighted by atomic mass is 16.3. The van der Waals surface area contributed by atoms with Crippen LogP contribution in [-0.2, 0) is 5.41 Å². The number of phenols is 1. The molecule has 0 amide bonds. The van der Waals surface area contributed by atoms with Crippen LogP contribution in [0, 0.1) is 18.3 Å². The lowest BCUT2D eigenvalue weighted by molar-refractivity contribution is 0.264. The molecule has 0 saturated heterocycles. The van der Waals surface area contributed by atoms with E-state index in [-0.39, 0.29) is 22.7 Å². The summed E-state index contributed by atoms with van der Waals surface area (Å²) in [5.41, 5.74) is 5.26. The van der Waals surface area contributed by atoms with E-state index in [1.54, 1.807) is 0 Å². The monoisotopic (exact) mass is 384 g/mol. The topological polar surface area (TPSA) is 40.5 Å². The Balaban J connectivity index is 2.66. The molecule has 2 atom stereocenters. The summed E-state index contributed by atoms with van der Waals surface area (Å²) in [5.74, 6) is 1.04. The minimum absolute atomic E-state index is 0.0136. The highest BCUT2D eigenvalue weighted by Gasteiger charge is 2.36. The fraction of sp³-hybridized carbons (Fsp3) is 0.615. The number of aliphatic hydroxyl groups excluding tert-OH is 1. The summed E-state index contributed by atoms with van der Waals surface area (Å²) >= 11 is 0. The Morgan fingerprint density at radius 2 is 1.61 bits per heavy atom. The van der Waals surface area contributed by atoms with Gasteiger partial charge in [0.1, 0.15) is 5.75 Å². The highest BCUT2D eigenvalue weighted by molar-refractivity contribution is 5.50. The number of phenolic OH excluding ortho intramolecular Hbond substituents is 1. The van der Waals surface area contributed by atoms with Gasteiger partial charge in [0.05, 0.1) is 5.76 Å². The van der Waals surface area contributed by atoms with Crippen LogP contribution in [0.15, 0.2) is 35.1 Å². The fourth-order valence-electron chi connectivity index (χ4n) is 4.50. The lowest BCUT2D eigenvalue weighted by atomic mass is 9.70. The first-order chi connectivity index (χ1) is 12.8. The molecule has 156 valence electrons. The normalized spacial score (nSPS) is 19.6. The molecule has 2 nitrogen and oxygen atoms in total. The molecule has 0 bridgehead atoms. The van der Waals surface area contributed by atoms with Crippen molar-refractivity contribution in [3.63, 3.8) is 0 Å². The number of allylic oxidation sites excluding steroid dienone is 4. The predicted molar refractivity (Wildman–Crippen MR) is 120 cm³/mol. The predicted octanol–water partition coefficient (Wildman–Crippen LogP) is 7.71. The maximum absolute atomic E-state index is 11.3. The third-order valence-electron chi connectivity index (χ3n) is 5.94. The van der Waals surface area contributed by atoms with Gasteiger partial charge in [-0.15, -0.1) is 0 Å². The Labute approximate surface area is 172 Å². The minimum Gasteiger partial charge on any atom is -0.512 e. The molecule has 0 aromatic heterocycles. The largest absolute Gasteiger partial charge is 0.512 e. The van der Waals surface area contributed by atoms with Crippen molar-refractivity contribution in [3.8, 4) is 5.75 Å². The van der Waals surface area contributed by atoms with Gasteiger partial charge in [-0.1, -0.05) is 84.2 Å². The Kier molecular flexibility index (Phi) is 6.43. The molecular formula is C26H40O2. The van der Waals surface area contributed by atoms with Crippen molar-refractivity contribution in [3.05, 3.63) is 51.8 Å². The van der Waals surface area contributed by atoms with Gasteiger partial charge in [-0.2, -0.15) is 0 Å². The van der Waals surface area contributed by atoms with Crippen LogP contribution in [0.3, 0.4) is 0 Å². The third-order valence-corrected chi connectivity index (χ3v) is 5.94. The van der Waals surface area contributed by atoms with E-state index in [0.717, 1.165) is 36.0 Å². The number of aromatic hydroxyl groups is 1. The van der Waals surface area contributed by atoms with Gasteiger partial charge in [-0.25, -0.2) is 0 Å². The zero-order valence-electron chi connectivity index (χ0n) is 19.4. The molecule has 2 unspecified atom stereocenters. The maximum atomic E-state index is 11.3. The molecule has 1 aliphatic carbocycles. The molecule has 0 fully saturated rings. The number of rotatable bonds is 4. The van der Waals surface area contributed by atoms with Gasteiger partial charge in [-0.05, 0) is 60.1 Å². The molecule has 1 aliphatic rings. The molecule has 0 aliphatic heterocycles. The fourth-order valence-corrected chi connectivity index (χ4v) is 4.50. The Morgan fingerprint density at radius 3 is 2.11 bits per heavy atom. The molecule has 2 N–H and O–H groups in total. The molecule has 0 radical (unpaired) electrons. The van der Waals surface area contributed by atoms with Crippen molar-refractivity contribution in [1.82, 2.24) is 0 Å². The summed E-state index contributed by atoms with van der Waals surface area (Å²) in [6.07, 6.45) is 4.96. The standard InChI is InChI=1S/C26H40O2/c1-10-11-18(19-12-16(2)14-21(23(19)27)25(4,5)6)20-13-17(3)15-22(24(20)28)26(7,8)9/h12,14-15,18,20,27-28H,10-11,13H2,1-9H3. The van der Waals surface area contributed by atoms with Gasteiger partial charge < -0.3 is 10.2 Å². The molecular weight excluding hydrogens is 344 g/mol. The van der Waals surface area contributed by atoms with Crippen molar-refractivity contribution in [2.24, 2.45) is 11.3 Å². The number of hydrogen-bond acceptors (Lipinski definition) is 2.